The van der Waals surface area contributed by atoms with E-state index in [0.29, 0.717) is 19.6 Å². The third kappa shape index (κ3) is 6.43. The minimum absolute atomic E-state index is 0.0989. The van der Waals surface area contributed by atoms with Gasteiger partial charge < -0.3 is 20.3 Å². The van der Waals surface area contributed by atoms with Crippen LogP contribution in [-0.2, 0) is 21.7 Å². The van der Waals surface area contributed by atoms with Crippen LogP contribution in [0.5, 0.6) is 5.75 Å². The second-order valence-corrected chi connectivity index (χ2v) is 12.2. The average Bonchev–Trinajstić information content (AvgIpc) is 3.21. The highest BCUT2D eigenvalue weighted by Crippen LogP contribution is 2.35. The molecule has 1 aliphatic carbocycles. The smallest absolute Gasteiger partial charge is 0.259 e. The number of carbonyl (C=O) groups is 2. The molecule has 2 amide bonds. The van der Waals surface area contributed by atoms with Crippen LogP contribution in [-0.4, -0.2) is 60.9 Å². The number of nitrogens with zero attached hydrogens (tertiary/aromatic N) is 2. The van der Waals surface area contributed by atoms with Gasteiger partial charge in [0.15, 0.2) is 5.96 Å². The molecule has 5 rings (SSSR count). The summed E-state index contributed by atoms with van der Waals surface area (Å²) < 4.78 is 5.57. The number of piperidine rings is 1. The molecule has 0 bridgehead atoms. The molecule has 0 radical (unpaired) electrons. The van der Waals surface area contributed by atoms with Crippen molar-refractivity contribution in [1.29, 1.82) is 5.41 Å². The summed E-state index contributed by atoms with van der Waals surface area (Å²) in [5, 5.41) is 15.5. The summed E-state index contributed by atoms with van der Waals surface area (Å²) in [4.78, 5) is 29.0. The fraction of sp³-hybridized carbons (Fsp3) is 0.545. The topological polar surface area (TPSA) is 97.8 Å². The first kappa shape index (κ1) is 29.1. The fourth-order valence-electron chi connectivity index (χ4n) is 6.69. The number of ether oxygens (including phenoxy) is 1. The molecule has 0 aromatic heterocycles. The Morgan fingerprint density at radius 3 is 2.54 bits per heavy atom. The van der Waals surface area contributed by atoms with E-state index in [0.717, 1.165) is 54.3 Å². The van der Waals surface area contributed by atoms with E-state index >= 15 is 0 Å². The minimum Gasteiger partial charge on any atom is -0.497 e. The first-order valence-electron chi connectivity index (χ1n) is 15.2. The van der Waals surface area contributed by atoms with Crippen LogP contribution < -0.4 is 15.4 Å². The molecule has 2 heterocycles. The van der Waals surface area contributed by atoms with E-state index in [4.69, 9.17) is 10.1 Å². The van der Waals surface area contributed by atoms with Crippen LogP contribution in [0, 0.1) is 17.2 Å². The molecule has 2 aliphatic heterocycles. The molecule has 41 heavy (non-hydrogen) atoms. The molecule has 3 aliphatic rings. The van der Waals surface area contributed by atoms with Crippen molar-refractivity contribution in [3.05, 3.63) is 53.6 Å². The predicted octanol–water partition coefficient (Wildman–Crippen LogP) is 4.87. The van der Waals surface area contributed by atoms with Crippen LogP contribution in [0.2, 0.25) is 0 Å². The number of benzene rings is 2. The van der Waals surface area contributed by atoms with Gasteiger partial charge in [-0.1, -0.05) is 43.5 Å². The molecule has 2 saturated heterocycles. The molecular weight excluding hydrogens is 514 g/mol. The Kier molecular flexibility index (Phi) is 8.97. The van der Waals surface area contributed by atoms with Crippen LogP contribution in [0.25, 0.3) is 11.1 Å². The molecule has 2 aromatic carbocycles. The Morgan fingerprint density at radius 1 is 1.07 bits per heavy atom. The Bertz CT molecular complexity index is 1270. The minimum atomic E-state index is -1.02. The van der Waals surface area contributed by atoms with Gasteiger partial charge in [-0.15, -0.1) is 0 Å². The zero-order chi connectivity index (χ0) is 29.0. The number of amides is 2. The summed E-state index contributed by atoms with van der Waals surface area (Å²) in [6, 6.07) is 14.3. The highest BCUT2D eigenvalue weighted by molar-refractivity contribution is 6.08. The second kappa shape index (κ2) is 12.6. The van der Waals surface area contributed by atoms with Gasteiger partial charge in [-0.2, -0.15) is 0 Å². The lowest BCUT2D eigenvalue weighted by atomic mass is 9.88. The number of nitrogens with one attached hydrogen (secondary N) is 3. The quantitative estimate of drug-likeness (QED) is 0.407. The highest BCUT2D eigenvalue weighted by Gasteiger charge is 2.47. The van der Waals surface area contributed by atoms with Crippen LogP contribution in [0.3, 0.4) is 0 Å². The summed E-state index contributed by atoms with van der Waals surface area (Å²) in [6.07, 6.45) is 8.36. The number of methoxy groups -OCH3 is 1. The lowest BCUT2D eigenvalue weighted by Crippen LogP contribution is -2.43. The molecule has 220 valence electrons. The fourth-order valence-corrected chi connectivity index (χ4v) is 6.69. The van der Waals surface area contributed by atoms with Gasteiger partial charge in [0, 0.05) is 33.1 Å². The molecule has 8 heteroatoms. The van der Waals surface area contributed by atoms with E-state index in [2.05, 4.69) is 34.9 Å². The monoisotopic (exact) mass is 559 g/mol. The molecule has 2 aromatic rings. The normalized spacial score (nSPS) is 22.2. The molecule has 3 fully saturated rings. The molecule has 1 atom stereocenters. The third-order valence-corrected chi connectivity index (χ3v) is 9.35. The van der Waals surface area contributed by atoms with E-state index in [9.17, 15) is 9.59 Å². The lowest BCUT2D eigenvalue weighted by Gasteiger charge is -2.33. The van der Waals surface area contributed by atoms with E-state index in [-0.39, 0.29) is 23.7 Å². The molecule has 3 N–H and O–H groups in total. The molecule has 8 nitrogen and oxygen atoms in total. The summed E-state index contributed by atoms with van der Waals surface area (Å²) in [6.45, 7) is 7.20. The van der Waals surface area contributed by atoms with Gasteiger partial charge in [0.2, 0.25) is 5.91 Å². The molecular formula is C33H45N5O3. The lowest BCUT2D eigenvalue weighted by molar-refractivity contribution is -0.133. The third-order valence-electron chi connectivity index (χ3n) is 9.35. The van der Waals surface area contributed by atoms with Gasteiger partial charge in [0.05, 0.1) is 7.11 Å². The van der Waals surface area contributed by atoms with Gasteiger partial charge in [-0.3, -0.25) is 19.9 Å². The number of hydrogen-bond acceptors (Lipinski definition) is 5. The van der Waals surface area contributed by atoms with Gasteiger partial charge in [0.25, 0.3) is 5.91 Å². The van der Waals surface area contributed by atoms with Gasteiger partial charge in [-0.05, 0) is 91.4 Å². The molecule has 1 unspecified atom stereocenters. The van der Waals surface area contributed by atoms with Gasteiger partial charge in [0.1, 0.15) is 11.3 Å². The standard InChI is InChI=1S/C33H45N5O3/c1-23(39)37-16-14-25(15-17-37)22-38-31(40)33(2,36-32(38)34)28-11-7-10-26(18-28)30-19-29(41-3)13-12-27(30)21-35-20-24-8-5-4-6-9-24/h7,10-13,18-19,24-25,35H,4-6,8-9,14-17,20-22H2,1-3H3,(H2,34,36). The van der Waals surface area contributed by atoms with Gasteiger partial charge >= 0.3 is 0 Å². The van der Waals surface area contributed by atoms with Crippen molar-refractivity contribution >= 4 is 17.8 Å². The number of rotatable bonds is 9. The summed E-state index contributed by atoms with van der Waals surface area (Å²) >= 11 is 0. The zero-order valence-electron chi connectivity index (χ0n) is 24.8. The zero-order valence-corrected chi connectivity index (χ0v) is 24.8. The summed E-state index contributed by atoms with van der Waals surface area (Å²) in [5.41, 5.74) is 3.11. The Labute approximate surface area is 244 Å². The Balaban J connectivity index is 1.32. The van der Waals surface area contributed by atoms with E-state index < -0.39 is 5.54 Å². The second-order valence-electron chi connectivity index (χ2n) is 12.2. The average molecular weight is 560 g/mol. The van der Waals surface area contributed by atoms with E-state index in [1.807, 2.05) is 30.0 Å². The summed E-state index contributed by atoms with van der Waals surface area (Å²) in [5.74, 6) is 1.96. The first-order valence-corrected chi connectivity index (χ1v) is 15.2. The molecule has 1 saturated carbocycles. The number of guanidine groups is 1. The van der Waals surface area contributed by atoms with Crippen LogP contribution in [0.4, 0.5) is 0 Å². The van der Waals surface area contributed by atoms with Crippen molar-refractivity contribution in [2.75, 3.05) is 33.3 Å². The Hall–Kier alpha value is -3.39. The van der Waals surface area contributed by atoms with E-state index in [1.165, 1.54) is 37.7 Å². The van der Waals surface area contributed by atoms with Crippen molar-refractivity contribution in [2.24, 2.45) is 11.8 Å². The SMILES string of the molecule is COc1ccc(CNCC2CCCCC2)c(-c2cccc(C3(C)NC(=N)N(CC4CCN(C(C)=O)CC4)C3=O)c2)c1. The van der Waals surface area contributed by atoms with Crippen molar-refractivity contribution in [3.63, 3.8) is 0 Å². The summed E-state index contributed by atoms with van der Waals surface area (Å²) in [7, 11) is 1.68. The number of hydrogen-bond donors (Lipinski definition) is 3. The van der Waals surface area contributed by atoms with Crippen LogP contribution in [0.15, 0.2) is 42.5 Å². The highest BCUT2D eigenvalue weighted by atomic mass is 16.5. The maximum Gasteiger partial charge on any atom is 0.259 e. The maximum atomic E-state index is 13.8. The largest absolute Gasteiger partial charge is 0.497 e. The Morgan fingerprint density at radius 2 is 1.83 bits per heavy atom. The molecule has 0 spiro atoms. The maximum absolute atomic E-state index is 13.8. The van der Waals surface area contributed by atoms with Crippen molar-refractivity contribution in [1.82, 2.24) is 20.4 Å². The first-order chi connectivity index (χ1) is 19.8. The number of likely N-dealkylation sites (tertiary alicyclic amines) is 1. The van der Waals surface area contributed by atoms with Gasteiger partial charge in [-0.25, -0.2) is 0 Å². The van der Waals surface area contributed by atoms with Crippen LogP contribution in [0.1, 0.15) is 69.9 Å². The van der Waals surface area contributed by atoms with Crippen LogP contribution >= 0.6 is 0 Å². The van der Waals surface area contributed by atoms with E-state index in [1.54, 1.807) is 18.9 Å². The van der Waals surface area contributed by atoms with Crippen molar-refractivity contribution in [2.45, 2.75) is 70.9 Å². The number of carbonyl (C=O) groups excluding carboxylic acids is 2. The van der Waals surface area contributed by atoms with Crippen molar-refractivity contribution in [3.8, 4) is 16.9 Å². The predicted molar refractivity (Wildman–Crippen MR) is 162 cm³/mol. The van der Waals surface area contributed by atoms with Crippen molar-refractivity contribution < 1.29 is 14.3 Å².